The van der Waals surface area contributed by atoms with Gasteiger partial charge in [-0.15, -0.1) is 0 Å². The summed E-state index contributed by atoms with van der Waals surface area (Å²) in [5.74, 6) is 0. The summed E-state index contributed by atoms with van der Waals surface area (Å²) in [5.41, 5.74) is 2.22. The highest BCUT2D eigenvalue weighted by Crippen LogP contribution is 2.13. The van der Waals surface area contributed by atoms with E-state index in [0.717, 1.165) is 37.7 Å². The second kappa shape index (κ2) is 9.61. The van der Waals surface area contributed by atoms with Crippen LogP contribution in [0.15, 0.2) is 24.3 Å². The number of rotatable bonds is 10. The van der Waals surface area contributed by atoms with Crippen molar-refractivity contribution < 1.29 is 9.47 Å². The molecular weight excluding hydrogens is 252 g/mol. The third-order valence-corrected chi connectivity index (χ3v) is 2.97. The van der Waals surface area contributed by atoms with E-state index in [1.807, 2.05) is 13.8 Å². The molecule has 0 bridgehead atoms. The summed E-state index contributed by atoms with van der Waals surface area (Å²) in [6, 6.07) is 8.30. The molecule has 0 radical (unpaired) electrons. The van der Waals surface area contributed by atoms with Gasteiger partial charge in [-0.2, -0.15) is 0 Å². The van der Waals surface area contributed by atoms with Gasteiger partial charge in [0.25, 0.3) is 0 Å². The monoisotopic (exact) mass is 280 g/mol. The number of hydrogen-bond acceptors (Lipinski definition) is 4. The van der Waals surface area contributed by atoms with E-state index in [4.69, 9.17) is 9.47 Å². The van der Waals surface area contributed by atoms with E-state index in [1.165, 1.54) is 0 Å². The number of hydrogen-bond donors (Lipinski definition) is 2. The van der Waals surface area contributed by atoms with Crippen molar-refractivity contribution in [3.05, 3.63) is 24.3 Å². The molecule has 0 aromatic heterocycles. The van der Waals surface area contributed by atoms with Crippen LogP contribution >= 0.6 is 0 Å². The van der Waals surface area contributed by atoms with Crippen molar-refractivity contribution in [2.45, 2.75) is 39.9 Å². The van der Waals surface area contributed by atoms with E-state index in [0.29, 0.717) is 0 Å². The first-order valence-corrected chi connectivity index (χ1v) is 7.46. The van der Waals surface area contributed by atoms with E-state index < -0.39 is 0 Å². The van der Waals surface area contributed by atoms with Crippen molar-refractivity contribution in [1.29, 1.82) is 0 Å². The predicted molar refractivity (Wildman–Crippen MR) is 85.6 cm³/mol. The quantitative estimate of drug-likeness (QED) is 0.689. The van der Waals surface area contributed by atoms with Gasteiger partial charge >= 0.3 is 0 Å². The van der Waals surface area contributed by atoms with Gasteiger partial charge in [-0.25, -0.2) is 0 Å². The molecule has 0 aliphatic heterocycles. The normalized spacial score (nSPS) is 13.8. The molecule has 20 heavy (non-hydrogen) atoms. The first-order valence-electron chi connectivity index (χ1n) is 7.46. The molecule has 1 aromatic rings. The first-order chi connectivity index (χ1) is 9.65. The molecule has 114 valence electrons. The standard InChI is InChI=1S/C16H28N2O2/c1-5-19-13(3)11-17-15-7-9-16(10-8-15)18-12-14(4)20-6-2/h7-10,13-14,17-18H,5-6,11-12H2,1-4H3. The molecule has 0 amide bonds. The molecule has 4 heteroatoms. The van der Waals surface area contributed by atoms with Crippen molar-refractivity contribution in [2.24, 2.45) is 0 Å². The summed E-state index contributed by atoms with van der Waals surface area (Å²) in [6.45, 7) is 11.3. The van der Waals surface area contributed by atoms with E-state index in [2.05, 4.69) is 48.7 Å². The van der Waals surface area contributed by atoms with Crippen LogP contribution in [0.25, 0.3) is 0 Å². The minimum Gasteiger partial charge on any atom is -0.382 e. The summed E-state index contributed by atoms with van der Waals surface area (Å²) in [5, 5.41) is 6.73. The smallest absolute Gasteiger partial charge is 0.0719 e. The van der Waals surface area contributed by atoms with Gasteiger partial charge in [0.15, 0.2) is 0 Å². The molecule has 0 aliphatic carbocycles. The van der Waals surface area contributed by atoms with Crippen LogP contribution in [0.2, 0.25) is 0 Å². The van der Waals surface area contributed by atoms with Gasteiger partial charge in [-0.1, -0.05) is 0 Å². The summed E-state index contributed by atoms with van der Waals surface area (Å²) >= 11 is 0. The van der Waals surface area contributed by atoms with Crippen molar-refractivity contribution >= 4 is 11.4 Å². The Kier molecular flexibility index (Phi) is 8.07. The van der Waals surface area contributed by atoms with E-state index in [-0.39, 0.29) is 12.2 Å². The van der Waals surface area contributed by atoms with Crippen LogP contribution in [0.3, 0.4) is 0 Å². The van der Waals surface area contributed by atoms with Crippen molar-refractivity contribution in [3.63, 3.8) is 0 Å². The summed E-state index contributed by atoms with van der Waals surface area (Å²) in [7, 11) is 0. The second-order valence-electron chi connectivity index (χ2n) is 4.87. The molecule has 1 rings (SSSR count). The Morgan fingerprint density at radius 2 is 1.15 bits per heavy atom. The zero-order chi connectivity index (χ0) is 14.8. The Balaban J connectivity index is 2.32. The molecule has 0 heterocycles. The molecule has 1 aromatic carbocycles. The summed E-state index contributed by atoms with van der Waals surface area (Å²) in [4.78, 5) is 0. The molecule has 2 atom stereocenters. The number of anilines is 2. The van der Waals surface area contributed by atoms with E-state index >= 15 is 0 Å². The fourth-order valence-electron chi connectivity index (χ4n) is 1.92. The van der Waals surface area contributed by atoms with Gasteiger partial charge in [0.2, 0.25) is 0 Å². The van der Waals surface area contributed by atoms with Gasteiger partial charge in [0, 0.05) is 37.7 Å². The maximum atomic E-state index is 5.49. The minimum absolute atomic E-state index is 0.227. The van der Waals surface area contributed by atoms with Gasteiger partial charge in [0.1, 0.15) is 0 Å². The molecule has 0 saturated heterocycles. The second-order valence-corrected chi connectivity index (χ2v) is 4.87. The topological polar surface area (TPSA) is 42.5 Å². The predicted octanol–water partition coefficient (Wildman–Crippen LogP) is 3.36. The Labute approximate surface area is 122 Å². The van der Waals surface area contributed by atoms with Gasteiger partial charge < -0.3 is 20.1 Å². The fraction of sp³-hybridized carbons (Fsp3) is 0.625. The third-order valence-electron chi connectivity index (χ3n) is 2.97. The van der Waals surface area contributed by atoms with Crippen LogP contribution in [0, 0.1) is 0 Å². The van der Waals surface area contributed by atoms with Crippen LogP contribution in [0.5, 0.6) is 0 Å². The van der Waals surface area contributed by atoms with E-state index in [9.17, 15) is 0 Å². The zero-order valence-electron chi connectivity index (χ0n) is 13.1. The molecule has 2 unspecified atom stereocenters. The van der Waals surface area contributed by atoms with Crippen LogP contribution in [0.4, 0.5) is 11.4 Å². The lowest BCUT2D eigenvalue weighted by molar-refractivity contribution is 0.0853. The fourth-order valence-corrected chi connectivity index (χ4v) is 1.92. The molecular formula is C16H28N2O2. The van der Waals surface area contributed by atoms with Crippen LogP contribution in [0.1, 0.15) is 27.7 Å². The van der Waals surface area contributed by atoms with Crippen LogP contribution in [-0.2, 0) is 9.47 Å². The minimum atomic E-state index is 0.227. The molecule has 0 aliphatic rings. The van der Waals surface area contributed by atoms with Crippen molar-refractivity contribution in [1.82, 2.24) is 0 Å². The highest BCUT2D eigenvalue weighted by atomic mass is 16.5. The Hall–Kier alpha value is -1.26. The Morgan fingerprint density at radius 1 is 0.800 bits per heavy atom. The van der Waals surface area contributed by atoms with Gasteiger partial charge in [0.05, 0.1) is 12.2 Å². The van der Waals surface area contributed by atoms with Crippen LogP contribution in [-0.4, -0.2) is 38.5 Å². The molecule has 0 spiro atoms. The maximum absolute atomic E-state index is 5.49. The lowest BCUT2D eigenvalue weighted by Gasteiger charge is -2.15. The lowest BCUT2D eigenvalue weighted by atomic mass is 10.2. The average molecular weight is 280 g/mol. The lowest BCUT2D eigenvalue weighted by Crippen LogP contribution is -2.20. The average Bonchev–Trinajstić information content (AvgIpc) is 2.45. The highest BCUT2D eigenvalue weighted by Gasteiger charge is 2.02. The maximum Gasteiger partial charge on any atom is 0.0719 e. The Bertz CT molecular complexity index is 319. The van der Waals surface area contributed by atoms with Gasteiger partial charge in [-0.05, 0) is 52.0 Å². The van der Waals surface area contributed by atoms with Crippen molar-refractivity contribution in [3.8, 4) is 0 Å². The first kappa shape index (κ1) is 16.8. The molecule has 0 saturated carbocycles. The van der Waals surface area contributed by atoms with Crippen molar-refractivity contribution in [2.75, 3.05) is 36.9 Å². The summed E-state index contributed by atoms with van der Waals surface area (Å²) < 4.78 is 11.0. The van der Waals surface area contributed by atoms with E-state index in [1.54, 1.807) is 0 Å². The molecule has 4 nitrogen and oxygen atoms in total. The number of nitrogens with one attached hydrogen (secondary N) is 2. The zero-order valence-corrected chi connectivity index (χ0v) is 13.1. The SMILES string of the molecule is CCOC(C)CNc1ccc(NCC(C)OCC)cc1. The third kappa shape index (κ3) is 6.78. The summed E-state index contributed by atoms with van der Waals surface area (Å²) in [6.07, 6.45) is 0.453. The number of ether oxygens (including phenoxy) is 2. The number of benzene rings is 1. The van der Waals surface area contributed by atoms with Gasteiger partial charge in [-0.3, -0.25) is 0 Å². The highest BCUT2D eigenvalue weighted by molar-refractivity contribution is 5.53. The molecule has 2 N–H and O–H groups in total. The Morgan fingerprint density at radius 3 is 1.45 bits per heavy atom. The largest absolute Gasteiger partial charge is 0.382 e. The van der Waals surface area contributed by atoms with Crippen LogP contribution < -0.4 is 10.6 Å². The molecule has 0 fully saturated rings.